The highest BCUT2D eigenvalue weighted by Gasteiger charge is 2.51. The normalized spacial score (nSPS) is 14.8. The van der Waals surface area contributed by atoms with Crippen molar-refractivity contribution in [2.45, 2.75) is 43.9 Å². The first kappa shape index (κ1) is 41.2. The summed E-state index contributed by atoms with van der Waals surface area (Å²) >= 11 is 0. The summed E-state index contributed by atoms with van der Waals surface area (Å²) in [6, 6.07) is 85.5. The second kappa shape index (κ2) is 15.3. The van der Waals surface area contributed by atoms with Crippen LogP contribution in [0, 0.1) is 0 Å². The molecule has 4 aliphatic rings. The van der Waals surface area contributed by atoms with Crippen molar-refractivity contribution < 1.29 is 0 Å². The Hall–Kier alpha value is -8.00. The third-order valence-electron chi connectivity index (χ3n) is 16.2. The summed E-state index contributed by atoms with van der Waals surface area (Å²) in [5.41, 5.74) is 29.1. The van der Waals surface area contributed by atoms with Crippen LogP contribution in [-0.4, -0.2) is 7.05 Å². The van der Waals surface area contributed by atoms with Gasteiger partial charge in [-0.15, -0.1) is 0 Å². The number of fused-ring (bicyclic) bond motifs is 16. The molecule has 0 N–H and O–H groups in total. The first-order chi connectivity index (χ1) is 33.7. The van der Waals surface area contributed by atoms with Crippen LogP contribution < -0.4 is 4.90 Å². The fraction of sp³-hybridized carbons (Fsp3) is 0.118. The molecule has 0 amide bonds. The van der Waals surface area contributed by atoms with E-state index in [1.54, 1.807) is 0 Å². The van der Waals surface area contributed by atoms with Crippen LogP contribution in [0.5, 0.6) is 0 Å². The summed E-state index contributed by atoms with van der Waals surface area (Å²) < 4.78 is 0. The van der Waals surface area contributed by atoms with Crippen molar-refractivity contribution in [2.75, 3.05) is 11.9 Å². The molecule has 0 radical (unpaired) electrons. The van der Waals surface area contributed by atoms with Crippen LogP contribution in [0.1, 0.15) is 72.2 Å². The van der Waals surface area contributed by atoms with Gasteiger partial charge in [0.25, 0.3) is 0 Å². The van der Waals surface area contributed by atoms with Crippen molar-refractivity contribution in [2.24, 2.45) is 0 Å². The molecule has 14 rings (SSSR count). The van der Waals surface area contributed by atoms with Crippen LogP contribution in [0.2, 0.25) is 0 Å². The van der Waals surface area contributed by atoms with Gasteiger partial charge in [-0.3, -0.25) is 0 Å². The molecule has 10 aromatic rings. The molecule has 0 unspecified atom stereocenters. The largest absolute Gasteiger partial charge is 0.345 e. The van der Waals surface area contributed by atoms with Gasteiger partial charge in [-0.2, -0.15) is 0 Å². The number of hydrogen-bond donors (Lipinski definition) is 0. The number of benzene rings is 10. The average molecular weight is 884 g/mol. The number of anilines is 2. The van der Waals surface area contributed by atoms with E-state index in [0.29, 0.717) is 0 Å². The molecule has 0 aromatic heterocycles. The van der Waals surface area contributed by atoms with Gasteiger partial charge in [0.05, 0.1) is 5.41 Å². The number of hydrogen-bond acceptors (Lipinski definition) is 1. The maximum atomic E-state index is 2.50. The Kier molecular flexibility index (Phi) is 9.11. The summed E-state index contributed by atoms with van der Waals surface area (Å²) in [6.07, 6.45) is 0. The van der Waals surface area contributed by atoms with E-state index < -0.39 is 0 Å². The van der Waals surface area contributed by atoms with Crippen molar-refractivity contribution in [3.05, 3.63) is 275 Å². The molecule has 0 saturated carbocycles. The Labute approximate surface area is 407 Å². The third-order valence-corrected chi connectivity index (χ3v) is 16.2. The molecule has 0 aliphatic heterocycles. The lowest BCUT2D eigenvalue weighted by atomic mass is 9.70. The topological polar surface area (TPSA) is 3.24 Å². The molecule has 10 aromatic carbocycles. The average Bonchev–Trinajstić information content (AvgIpc) is 4.03. The van der Waals surface area contributed by atoms with E-state index in [0.717, 1.165) is 0 Å². The van der Waals surface area contributed by atoms with Gasteiger partial charge in [-0.1, -0.05) is 222 Å². The summed E-state index contributed by atoms with van der Waals surface area (Å²) in [5, 5.41) is 0. The molecule has 330 valence electrons. The minimum absolute atomic E-state index is 0.147. The second-order valence-corrected chi connectivity index (χ2v) is 20.5. The van der Waals surface area contributed by atoms with E-state index in [4.69, 9.17) is 0 Å². The van der Waals surface area contributed by atoms with Crippen LogP contribution >= 0.6 is 0 Å². The fourth-order valence-corrected chi connectivity index (χ4v) is 12.7. The molecule has 4 aliphatic carbocycles. The molecule has 1 heteroatoms. The highest BCUT2D eigenvalue weighted by atomic mass is 15.1. The zero-order valence-electron chi connectivity index (χ0n) is 39.9. The van der Waals surface area contributed by atoms with Crippen LogP contribution in [0.15, 0.2) is 231 Å². The van der Waals surface area contributed by atoms with Crippen LogP contribution in [0.25, 0.3) is 66.8 Å². The van der Waals surface area contributed by atoms with Crippen LogP contribution in [0.3, 0.4) is 0 Å². The molecule has 0 bridgehead atoms. The fourth-order valence-electron chi connectivity index (χ4n) is 12.7. The van der Waals surface area contributed by atoms with Gasteiger partial charge in [0.15, 0.2) is 0 Å². The van der Waals surface area contributed by atoms with E-state index in [-0.39, 0.29) is 16.2 Å². The lowest BCUT2D eigenvalue weighted by Gasteiger charge is -2.30. The third kappa shape index (κ3) is 5.96. The molecule has 1 nitrogen and oxygen atoms in total. The van der Waals surface area contributed by atoms with E-state index in [1.165, 1.54) is 123 Å². The van der Waals surface area contributed by atoms with Crippen LogP contribution in [0.4, 0.5) is 11.4 Å². The Morgan fingerprint density at radius 3 is 1.07 bits per heavy atom. The van der Waals surface area contributed by atoms with Gasteiger partial charge in [0, 0.05) is 29.3 Å². The predicted molar refractivity (Wildman–Crippen MR) is 290 cm³/mol. The predicted octanol–water partition coefficient (Wildman–Crippen LogP) is 17.4. The summed E-state index contributed by atoms with van der Waals surface area (Å²) in [5.74, 6) is 0. The Morgan fingerprint density at radius 1 is 0.246 bits per heavy atom. The molecule has 1 spiro atoms. The SMILES string of the molecule is CC1(C)c2ccccc2-c2ccccc21.CN(c1ccc(-c2ccccc2)cc1)c1ccc2c(c1)C(C)(C)c1cc(-c3ccc4c(c3)C3(c5ccccc5-c5ccccc53)c3ccccc3-4)ccc1-2. The monoisotopic (exact) mass is 883 g/mol. The first-order valence-electron chi connectivity index (χ1n) is 24.5. The van der Waals surface area contributed by atoms with Gasteiger partial charge in [-0.25, -0.2) is 0 Å². The lowest BCUT2D eigenvalue weighted by molar-refractivity contribution is 0.660. The quantitative estimate of drug-likeness (QED) is 0.170. The van der Waals surface area contributed by atoms with Crippen LogP contribution in [-0.2, 0) is 16.2 Å². The first-order valence-corrected chi connectivity index (χ1v) is 24.5. The number of nitrogens with zero attached hydrogens (tertiary/aromatic N) is 1. The molecule has 0 saturated heterocycles. The second-order valence-electron chi connectivity index (χ2n) is 20.5. The van der Waals surface area contributed by atoms with Crippen molar-refractivity contribution in [3.8, 4) is 66.8 Å². The minimum Gasteiger partial charge on any atom is -0.345 e. The lowest BCUT2D eigenvalue weighted by Crippen LogP contribution is -2.25. The Morgan fingerprint density at radius 2 is 0.565 bits per heavy atom. The summed E-state index contributed by atoms with van der Waals surface area (Å²) in [4.78, 5) is 2.30. The van der Waals surface area contributed by atoms with E-state index >= 15 is 0 Å². The molecular weight excluding hydrogens is 831 g/mol. The Bertz CT molecular complexity index is 3570. The zero-order chi connectivity index (χ0) is 46.6. The zero-order valence-corrected chi connectivity index (χ0v) is 39.9. The molecular formula is C68H53N. The van der Waals surface area contributed by atoms with E-state index in [9.17, 15) is 0 Å². The highest BCUT2D eigenvalue weighted by molar-refractivity contribution is 5.96. The van der Waals surface area contributed by atoms with Gasteiger partial charge >= 0.3 is 0 Å². The smallest absolute Gasteiger partial charge is 0.0725 e. The van der Waals surface area contributed by atoms with Crippen molar-refractivity contribution >= 4 is 11.4 Å². The minimum atomic E-state index is -0.342. The summed E-state index contributed by atoms with van der Waals surface area (Å²) in [6.45, 7) is 9.39. The Balaban J connectivity index is 0.000000265. The molecule has 0 fully saturated rings. The maximum absolute atomic E-state index is 2.50. The molecule has 0 heterocycles. The van der Waals surface area contributed by atoms with Gasteiger partial charge in [0.1, 0.15) is 0 Å². The summed E-state index contributed by atoms with van der Waals surface area (Å²) in [7, 11) is 2.17. The number of rotatable bonds is 4. The van der Waals surface area contributed by atoms with Crippen molar-refractivity contribution in [3.63, 3.8) is 0 Å². The van der Waals surface area contributed by atoms with Crippen molar-refractivity contribution in [1.82, 2.24) is 0 Å². The van der Waals surface area contributed by atoms with Gasteiger partial charge < -0.3 is 4.90 Å². The van der Waals surface area contributed by atoms with E-state index in [2.05, 4.69) is 270 Å². The standard InChI is InChI=1S/C53H39N.C15H14/c1-52(2)49-31-36(23-28-43(49)44-30-27-39(33-50(44)52)54(3)38-25-21-35(22-26-38)34-13-5-4-6-14-34)37-24-29-45-42-17-9-12-20-48(42)53(51(45)32-37)46-18-10-7-15-40(46)41-16-8-11-19-47(41)53;1-15(2)13-9-5-3-7-11(13)12-8-4-6-10-14(12)15/h4-33H,1-3H3;3-10H,1-2H3. The van der Waals surface area contributed by atoms with E-state index in [1.807, 2.05) is 0 Å². The van der Waals surface area contributed by atoms with Gasteiger partial charge in [0.2, 0.25) is 0 Å². The van der Waals surface area contributed by atoms with Crippen molar-refractivity contribution in [1.29, 1.82) is 0 Å². The molecule has 69 heavy (non-hydrogen) atoms. The van der Waals surface area contributed by atoms with Gasteiger partial charge in [-0.05, 0) is 148 Å². The highest BCUT2D eigenvalue weighted by Crippen LogP contribution is 2.63. The molecule has 0 atom stereocenters. The maximum Gasteiger partial charge on any atom is 0.0725 e.